The zero-order valence-corrected chi connectivity index (χ0v) is 12.2. The Bertz CT molecular complexity index is 390. The minimum Gasteiger partial charge on any atom is -0.341 e. The number of nitrogens with zero attached hydrogens (tertiary/aromatic N) is 2. The summed E-state index contributed by atoms with van der Waals surface area (Å²) >= 11 is 0. The highest BCUT2D eigenvalue weighted by atomic mass is 16.2. The van der Waals surface area contributed by atoms with E-state index >= 15 is 0 Å². The van der Waals surface area contributed by atoms with Crippen LogP contribution in [-0.4, -0.2) is 29.4 Å². The Balaban J connectivity index is 2.41. The monoisotopic (exact) mass is 263 g/mol. The van der Waals surface area contributed by atoms with Crippen LogP contribution in [0.25, 0.3) is 0 Å². The van der Waals surface area contributed by atoms with Crippen molar-refractivity contribution in [3.63, 3.8) is 0 Å². The minimum absolute atomic E-state index is 0.141. The van der Waals surface area contributed by atoms with Gasteiger partial charge in [-0.3, -0.25) is 9.78 Å². The van der Waals surface area contributed by atoms with Crippen LogP contribution in [-0.2, 0) is 11.3 Å². The Morgan fingerprint density at radius 3 is 2.53 bits per heavy atom. The Hall–Kier alpha value is -1.42. The van der Waals surface area contributed by atoms with Crippen molar-refractivity contribution >= 4 is 5.91 Å². The largest absolute Gasteiger partial charge is 0.341 e. The topological polar surface area (TPSA) is 59.2 Å². The van der Waals surface area contributed by atoms with Crippen LogP contribution in [0.15, 0.2) is 24.5 Å². The molecule has 0 aliphatic heterocycles. The molecule has 2 N–H and O–H groups in total. The van der Waals surface area contributed by atoms with Crippen molar-refractivity contribution < 1.29 is 4.79 Å². The molecule has 4 heteroatoms. The molecule has 106 valence electrons. The average molecular weight is 263 g/mol. The van der Waals surface area contributed by atoms with E-state index in [2.05, 4.69) is 18.8 Å². The smallest absolute Gasteiger partial charge is 0.222 e. The predicted molar refractivity (Wildman–Crippen MR) is 77.4 cm³/mol. The average Bonchev–Trinajstić information content (AvgIpc) is 2.37. The van der Waals surface area contributed by atoms with Gasteiger partial charge in [-0.1, -0.05) is 13.8 Å². The Morgan fingerprint density at radius 2 is 1.95 bits per heavy atom. The molecule has 0 saturated heterocycles. The van der Waals surface area contributed by atoms with E-state index in [1.807, 2.05) is 19.2 Å². The van der Waals surface area contributed by atoms with Crippen LogP contribution in [0.2, 0.25) is 0 Å². The van der Waals surface area contributed by atoms with Crippen LogP contribution < -0.4 is 5.73 Å². The predicted octanol–water partition coefficient (Wildman–Crippen LogP) is 2.20. The first kappa shape index (κ1) is 15.6. The molecule has 1 aromatic rings. The van der Waals surface area contributed by atoms with E-state index in [1.165, 1.54) is 0 Å². The summed E-state index contributed by atoms with van der Waals surface area (Å²) < 4.78 is 0. The Labute approximate surface area is 116 Å². The van der Waals surface area contributed by atoms with E-state index in [-0.39, 0.29) is 11.3 Å². The molecule has 0 aliphatic carbocycles. The molecule has 1 amide bonds. The molecule has 1 rings (SSSR count). The molecule has 0 bridgehead atoms. The molecule has 19 heavy (non-hydrogen) atoms. The molecule has 0 saturated carbocycles. The lowest BCUT2D eigenvalue weighted by atomic mass is 9.84. The number of carbonyl (C=O) groups excluding carboxylic acids is 1. The molecule has 0 aliphatic rings. The lowest BCUT2D eigenvalue weighted by Crippen LogP contribution is -2.28. The highest BCUT2D eigenvalue weighted by Crippen LogP contribution is 2.26. The fraction of sp³-hybridized carbons (Fsp3) is 0.600. The second kappa shape index (κ2) is 7.24. The van der Waals surface area contributed by atoms with Gasteiger partial charge in [-0.15, -0.1) is 0 Å². The Kier molecular flexibility index (Phi) is 5.96. The first-order chi connectivity index (χ1) is 8.94. The molecule has 0 spiro atoms. The lowest BCUT2D eigenvalue weighted by Gasteiger charge is -2.25. The van der Waals surface area contributed by atoms with E-state index in [1.54, 1.807) is 17.3 Å². The molecular formula is C15H25N3O. The number of hydrogen-bond donors (Lipinski definition) is 1. The van der Waals surface area contributed by atoms with Crippen molar-refractivity contribution in [1.82, 2.24) is 9.88 Å². The zero-order chi connectivity index (χ0) is 14.3. The molecule has 0 aromatic carbocycles. The van der Waals surface area contributed by atoms with Crippen LogP contribution in [0, 0.1) is 5.41 Å². The fourth-order valence-corrected chi connectivity index (χ4v) is 2.00. The van der Waals surface area contributed by atoms with Crippen molar-refractivity contribution in [3.05, 3.63) is 30.1 Å². The first-order valence-corrected chi connectivity index (χ1v) is 6.77. The third kappa shape index (κ3) is 5.83. The van der Waals surface area contributed by atoms with Gasteiger partial charge in [0, 0.05) is 32.4 Å². The summed E-state index contributed by atoms with van der Waals surface area (Å²) in [5.74, 6) is 0.182. The number of nitrogens with two attached hydrogens (primary N) is 1. The van der Waals surface area contributed by atoms with Crippen molar-refractivity contribution in [3.8, 4) is 0 Å². The second-order valence-corrected chi connectivity index (χ2v) is 5.81. The van der Waals surface area contributed by atoms with Crippen LogP contribution in [0.1, 0.15) is 38.7 Å². The van der Waals surface area contributed by atoms with Gasteiger partial charge in [0.05, 0.1) is 0 Å². The maximum Gasteiger partial charge on any atom is 0.222 e. The number of amides is 1. The lowest BCUT2D eigenvalue weighted by molar-refractivity contribution is -0.131. The van der Waals surface area contributed by atoms with E-state index in [4.69, 9.17) is 5.73 Å². The van der Waals surface area contributed by atoms with Gasteiger partial charge in [0.1, 0.15) is 0 Å². The van der Waals surface area contributed by atoms with Crippen LogP contribution in [0.3, 0.4) is 0 Å². The summed E-state index contributed by atoms with van der Waals surface area (Å²) in [5, 5.41) is 0. The maximum atomic E-state index is 12.1. The number of carbonyl (C=O) groups is 1. The van der Waals surface area contributed by atoms with Gasteiger partial charge in [0.25, 0.3) is 0 Å². The normalized spacial score (nSPS) is 11.4. The molecule has 0 atom stereocenters. The summed E-state index contributed by atoms with van der Waals surface area (Å²) in [5.41, 5.74) is 6.83. The highest BCUT2D eigenvalue weighted by Gasteiger charge is 2.19. The SMILES string of the molecule is CN(Cc1ccncc1)C(=O)CCC(C)(C)CCN. The zero-order valence-electron chi connectivity index (χ0n) is 12.2. The second-order valence-electron chi connectivity index (χ2n) is 5.81. The molecule has 0 radical (unpaired) electrons. The number of aromatic nitrogens is 1. The molecule has 4 nitrogen and oxygen atoms in total. The summed E-state index contributed by atoms with van der Waals surface area (Å²) in [6, 6.07) is 3.87. The maximum absolute atomic E-state index is 12.1. The van der Waals surface area contributed by atoms with E-state index in [9.17, 15) is 4.79 Å². The van der Waals surface area contributed by atoms with E-state index < -0.39 is 0 Å². The van der Waals surface area contributed by atoms with Crippen LogP contribution >= 0.6 is 0 Å². The van der Waals surface area contributed by atoms with Gasteiger partial charge in [-0.05, 0) is 42.5 Å². The van der Waals surface area contributed by atoms with Gasteiger partial charge in [-0.2, -0.15) is 0 Å². The third-order valence-electron chi connectivity index (χ3n) is 3.43. The summed E-state index contributed by atoms with van der Waals surface area (Å²) in [6.45, 7) is 5.64. The van der Waals surface area contributed by atoms with Gasteiger partial charge >= 0.3 is 0 Å². The van der Waals surface area contributed by atoms with Crippen molar-refractivity contribution in [2.24, 2.45) is 11.1 Å². The summed E-state index contributed by atoms with van der Waals surface area (Å²) in [6.07, 6.45) is 5.91. The molecule has 1 heterocycles. The van der Waals surface area contributed by atoms with Gasteiger partial charge in [0.2, 0.25) is 5.91 Å². The number of pyridine rings is 1. The summed E-state index contributed by atoms with van der Waals surface area (Å²) in [4.78, 5) is 17.8. The molecule has 0 fully saturated rings. The number of rotatable bonds is 7. The third-order valence-corrected chi connectivity index (χ3v) is 3.43. The quantitative estimate of drug-likeness (QED) is 0.820. The van der Waals surface area contributed by atoms with Crippen molar-refractivity contribution in [2.75, 3.05) is 13.6 Å². The number of hydrogen-bond acceptors (Lipinski definition) is 3. The molecule has 1 aromatic heterocycles. The first-order valence-electron chi connectivity index (χ1n) is 6.77. The van der Waals surface area contributed by atoms with Crippen molar-refractivity contribution in [2.45, 2.75) is 39.7 Å². The van der Waals surface area contributed by atoms with Gasteiger partial charge in [-0.25, -0.2) is 0 Å². The van der Waals surface area contributed by atoms with Gasteiger partial charge < -0.3 is 10.6 Å². The van der Waals surface area contributed by atoms with Crippen LogP contribution in [0.4, 0.5) is 0 Å². The Morgan fingerprint density at radius 1 is 1.32 bits per heavy atom. The standard InChI is InChI=1S/C15H25N3O/c1-15(2,8-9-16)7-4-14(19)18(3)12-13-5-10-17-11-6-13/h5-6,10-11H,4,7-9,12,16H2,1-3H3. The van der Waals surface area contributed by atoms with Gasteiger partial charge in [0.15, 0.2) is 0 Å². The van der Waals surface area contributed by atoms with E-state index in [0.717, 1.165) is 18.4 Å². The minimum atomic E-state index is 0.141. The van der Waals surface area contributed by atoms with Crippen molar-refractivity contribution in [1.29, 1.82) is 0 Å². The van der Waals surface area contributed by atoms with E-state index in [0.29, 0.717) is 19.5 Å². The summed E-state index contributed by atoms with van der Waals surface area (Å²) in [7, 11) is 1.85. The van der Waals surface area contributed by atoms with Crippen LogP contribution in [0.5, 0.6) is 0 Å². The highest BCUT2D eigenvalue weighted by molar-refractivity contribution is 5.75. The fourth-order valence-electron chi connectivity index (χ4n) is 2.00. The molecule has 0 unspecified atom stereocenters. The molecular weight excluding hydrogens is 238 g/mol.